The summed E-state index contributed by atoms with van der Waals surface area (Å²) in [5.41, 5.74) is 0. The Kier molecular flexibility index (Phi) is 5.30. The van der Waals surface area contributed by atoms with Crippen LogP contribution in [0.3, 0.4) is 0 Å². The molecule has 0 aromatic rings. The number of hydrogen-bond donors (Lipinski definition) is 1. The minimum absolute atomic E-state index is 0.776. The standard InChI is InChI=1S/C15H30N2/c1-13(2)11-16-12-15-5-3-4-9-17(15)10-8-14-6-7-14/h13-16H,3-12H2,1-2H3. The van der Waals surface area contributed by atoms with Crippen LogP contribution in [0.1, 0.15) is 52.4 Å². The molecule has 17 heavy (non-hydrogen) atoms. The lowest BCUT2D eigenvalue weighted by molar-refractivity contribution is 0.141. The van der Waals surface area contributed by atoms with Crippen LogP contribution in [0.15, 0.2) is 0 Å². The Morgan fingerprint density at radius 2 is 2.00 bits per heavy atom. The summed E-state index contributed by atoms with van der Waals surface area (Å²) >= 11 is 0. The van der Waals surface area contributed by atoms with Crippen molar-refractivity contribution in [3.05, 3.63) is 0 Å². The molecule has 0 amide bonds. The quantitative estimate of drug-likeness (QED) is 0.733. The van der Waals surface area contributed by atoms with Crippen molar-refractivity contribution in [2.75, 3.05) is 26.2 Å². The average Bonchev–Trinajstić information content (AvgIpc) is 3.11. The molecule has 1 aliphatic heterocycles. The molecule has 1 aliphatic carbocycles. The lowest BCUT2D eigenvalue weighted by atomic mass is 10.0. The van der Waals surface area contributed by atoms with Crippen LogP contribution in [0.25, 0.3) is 0 Å². The predicted octanol–water partition coefficient (Wildman–Crippen LogP) is 2.89. The topological polar surface area (TPSA) is 15.3 Å². The van der Waals surface area contributed by atoms with Crippen LogP contribution < -0.4 is 5.32 Å². The van der Waals surface area contributed by atoms with E-state index in [9.17, 15) is 0 Å². The van der Waals surface area contributed by atoms with E-state index in [0.29, 0.717) is 0 Å². The van der Waals surface area contributed by atoms with Gasteiger partial charge in [0, 0.05) is 12.6 Å². The molecule has 2 heteroatoms. The summed E-state index contributed by atoms with van der Waals surface area (Å²) in [5.74, 6) is 1.86. The molecule has 1 saturated heterocycles. The van der Waals surface area contributed by atoms with Gasteiger partial charge in [-0.25, -0.2) is 0 Å². The highest BCUT2D eigenvalue weighted by Gasteiger charge is 2.26. The third kappa shape index (κ3) is 4.97. The van der Waals surface area contributed by atoms with Crippen LogP contribution in [0, 0.1) is 11.8 Å². The van der Waals surface area contributed by atoms with Crippen LogP contribution in [-0.4, -0.2) is 37.1 Å². The van der Waals surface area contributed by atoms with Crippen molar-refractivity contribution < 1.29 is 0 Å². The number of nitrogens with one attached hydrogen (secondary N) is 1. The lowest BCUT2D eigenvalue weighted by Gasteiger charge is -2.36. The van der Waals surface area contributed by atoms with Crippen molar-refractivity contribution in [3.63, 3.8) is 0 Å². The minimum Gasteiger partial charge on any atom is -0.315 e. The fourth-order valence-corrected chi connectivity index (χ4v) is 2.88. The molecule has 2 rings (SSSR count). The van der Waals surface area contributed by atoms with Gasteiger partial charge in [0.05, 0.1) is 0 Å². The van der Waals surface area contributed by atoms with Gasteiger partial charge in [0.1, 0.15) is 0 Å². The van der Waals surface area contributed by atoms with E-state index >= 15 is 0 Å². The van der Waals surface area contributed by atoms with Crippen molar-refractivity contribution in [2.45, 2.75) is 58.4 Å². The number of rotatable bonds is 7. The number of nitrogens with zero attached hydrogens (tertiary/aromatic N) is 1. The van der Waals surface area contributed by atoms with Gasteiger partial charge >= 0.3 is 0 Å². The first-order chi connectivity index (χ1) is 8.25. The van der Waals surface area contributed by atoms with Crippen molar-refractivity contribution in [1.29, 1.82) is 0 Å². The van der Waals surface area contributed by atoms with Gasteiger partial charge in [-0.05, 0) is 50.7 Å². The fourth-order valence-electron chi connectivity index (χ4n) is 2.88. The third-order valence-corrected chi connectivity index (χ3v) is 4.20. The minimum atomic E-state index is 0.776. The zero-order valence-corrected chi connectivity index (χ0v) is 11.8. The van der Waals surface area contributed by atoms with Gasteiger partial charge in [0.15, 0.2) is 0 Å². The number of piperidine rings is 1. The molecule has 0 aromatic heterocycles. The maximum atomic E-state index is 3.65. The van der Waals surface area contributed by atoms with Crippen molar-refractivity contribution in [2.24, 2.45) is 11.8 Å². The third-order valence-electron chi connectivity index (χ3n) is 4.20. The molecular weight excluding hydrogens is 208 g/mol. The smallest absolute Gasteiger partial charge is 0.0220 e. The zero-order chi connectivity index (χ0) is 12.1. The molecule has 2 fully saturated rings. The summed E-state index contributed by atoms with van der Waals surface area (Å²) in [7, 11) is 0. The molecule has 1 heterocycles. The van der Waals surface area contributed by atoms with Gasteiger partial charge in [-0.2, -0.15) is 0 Å². The van der Waals surface area contributed by atoms with Gasteiger partial charge in [-0.1, -0.05) is 33.1 Å². The predicted molar refractivity (Wildman–Crippen MR) is 74.3 cm³/mol. The van der Waals surface area contributed by atoms with Crippen molar-refractivity contribution in [3.8, 4) is 0 Å². The van der Waals surface area contributed by atoms with Gasteiger partial charge < -0.3 is 5.32 Å². The van der Waals surface area contributed by atoms with E-state index in [2.05, 4.69) is 24.1 Å². The van der Waals surface area contributed by atoms with E-state index in [1.165, 1.54) is 64.7 Å². The summed E-state index contributed by atoms with van der Waals surface area (Å²) < 4.78 is 0. The van der Waals surface area contributed by atoms with Crippen LogP contribution in [0.2, 0.25) is 0 Å². The molecule has 1 unspecified atom stereocenters. The Hall–Kier alpha value is -0.0800. The first-order valence-corrected chi connectivity index (χ1v) is 7.70. The van der Waals surface area contributed by atoms with Crippen LogP contribution in [0.4, 0.5) is 0 Å². The molecule has 2 aliphatic rings. The first-order valence-electron chi connectivity index (χ1n) is 7.70. The van der Waals surface area contributed by atoms with Crippen LogP contribution >= 0.6 is 0 Å². The van der Waals surface area contributed by atoms with Gasteiger partial charge in [-0.3, -0.25) is 4.90 Å². The second kappa shape index (κ2) is 6.75. The Morgan fingerprint density at radius 1 is 1.18 bits per heavy atom. The highest BCUT2D eigenvalue weighted by atomic mass is 15.2. The monoisotopic (exact) mass is 238 g/mol. The van der Waals surface area contributed by atoms with E-state index in [4.69, 9.17) is 0 Å². The Labute approximate surface area is 107 Å². The lowest BCUT2D eigenvalue weighted by Crippen LogP contribution is -2.46. The van der Waals surface area contributed by atoms with Crippen molar-refractivity contribution in [1.82, 2.24) is 10.2 Å². The van der Waals surface area contributed by atoms with E-state index in [0.717, 1.165) is 17.9 Å². The molecule has 0 spiro atoms. The summed E-state index contributed by atoms with van der Waals surface area (Å²) in [4.78, 5) is 2.76. The maximum absolute atomic E-state index is 3.65. The molecule has 100 valence electrons. The highest BCUT2D eigenvalue weighted by Crippen LogP contribution is 2.33. The van der Waals surface area contributed by atoms with Gasteiger partial charge in [-0.15, -0.1) is 0 Å². The first kappa shape index (κ1) is 13.4. The molecule has 1 N–H and O–H groups in total. The summed E-state index contributed by atoms with van der Waals surface area (Å²) in [6, 6.07) is 0.821. The largest absolute Gasteiger partial charge is 0.315 e. The number of likely N-dealkylation sites (tertiary alicyclic amines) is 1. The Bertz CT molecular complexity index is 211. The Morgan fingerprint density at radius 3 is 2.71 bits per heavy atom. The van der Waals surface area contributed by atoms with E-state index < -0.39 is 0 Å². The molecule has 1 atom stereocenters. The SMILES string of the molecule is CC(C)CNCC1CCCCN1CCC1CC1. The summed E-state index contributed by atoms with van der Waals surface area (Å²) in [5, 5.41) is 3.65. The van der Waals surface area contributed by atoms with Crippen LogP contribution in [-0.2, 0) is 0 Å². The van der Waals surface area contributed by atoms with Gasteiger partial charge in [0.2, 0.25) is 0 Å². The highest BCUT2D eigenvalue weighted by molar-refractivity contribution is 4.81. The molecular formula is C15H30N2. The zero-order valence-electron chi connectivity index (χ0n) is 11.8. The van der Waals surface area contributed by atoms with Crippen LogP contribution in [0.5, 0.6) is 0 Å². The molecule has 0 aromatic carbocycles. The second-order valence-electron chi connectivity index (χ2n) is 6.47. The summed E-state index contributed by atoms with van der Waals surface area (Å²) in [6.07, 6.45) is 8.74. The second-order valence-corrected chi connectivity index (χ2v) is 6.47. The summed E-state index contributed by atoms with van der Waals surface area (Å²) in [6.45, 7) is 9.67. The number of hydrogen-bond acceptors (Lipinski definition) is 2. The van der Waals surface area contributed by atoms with Crippen molar-refractivity contribution >= 4 is 0 Å². The van der Waals surface area contributed by atoms with E-state index in [1.54, 1.807) is 0 Å². The molecule has 2 nitrogen and oxygen atoms in total. The molecule has 0 bridgehead atoms. The maximum Gasteiger partial charge on any atom is 0.0220 e. The Balaban J connectivity index is 1.67. The average molecular weight is 238 g/mol. The van der Waals surface area contributed by atoms with Gasteiger partial charge in [0.25, 0.3) is 0 Å². The normalized spacial score (nSPS) is 26.6. The molecule has 0 radical (unpaired) electrons. The fraction of sp³-hybridized carbons (Fsp3) is 1.00. The van der Waals surface area contributed by atoms with E-state index in [-0.39, 0.29) is 0 Å². The van der Waals surface area contributed by atoms with E-state index in [1.807, 2.05) is 0 Å². The molecule has 1 saturated carbocycles.